The lowest BCUT2D eigenvalue weighted by molar-refractivity contribution is -0.255. The van der Waals surface area contributed by atoms with Crippen LogP contribution >= 0.6 is 23.2 Å². The first kappa shape index (κ1) is 18.0. The van der Waals surface area contributed by atoms with E-state index in [4.69, 9.17) is 43.1 Å². The summed E-state index contributed by atoms with van der Waals surface area (Å²) in [5.41, 5.74) is 5.66. The van der Waals surface area contributed by atoms with Crippen LogP contribution in [0, 0.1) is 5.92 Å². The highest BCUT2D eigenvalue weighted by Crippen LogP contribution is 2.39. The number of rotatable bonds is 7. The Morgan fingerprint density at radius 3 is 2.52 bits per heavy atom. The van der Waals surface area contributed by atoms with E-state index in [1.807, 2.05) is 13.8 Å². The topological polar surface area (TPSA) is 70.8 Å². The molecule has 0 aliphatic rings. The molecule has 0 bridgehead atoms. The smallest absolute Gasteiger partial charge is 0.407 e. The number of methoxy groups -OCH3 is 1. The number of ether oxygens (including phenoxy) is 3. The highest BCUT2D eigenvalue weighted by molar-refractivity contribution is 6.35. The molecule has 0 aromatic heterocycles. The normalized spacial score (nSPS) is 14.0. The van der Waals surface area contributed by atoms with Gasteiger partial charge in [0.05, 0.1) is 5.02 Å². The molecule has 1 aromatic carbocycles. The molecule has 7 heteroatoms. The molecule has 0 fully saturated rings. The number of amides is 1. The first-order valence-electron chi connectivity index (χ1n) is 6.37. The van der Waals surface area contributed by atoms with Crippen molar-refractivity contribution in [2.45, 2.75) is 26.1 Å². The number of halogens is 2. The molecule has 0 aliphatic carbocycles. The van der Waals surface area contributed by atoms with Gasteiger partial charge in [-0.05, 0) is 24.1 Å². The van der Waals surface area contributed by atoms with Crippen LogP contribution in [0.3, 0.4) is 0 Å². The summed E-state index contributed by atoms with van der Waals surface area (Å²) in [5.74, 6) is -1.27. The van der Waals surface area contributed by atoms with Crippen LogP contribution in [0.1, 0.15) is 25.8 Å². The molecule has 0 saturated carbocycles. The zero-order chi connectivity index (χ0) is 16.0. The van der Waals surface area contributed by atoms with E-state index in [-0.39, 0.29) is 12.7 Å². The fraction of sp³-hybridized carbons (Fsp3) is 0.500. The standard InChI is InChI=1S/C14H19Cl2NO4/c1-9(2)7-14(20-8-19-3,21-13(17)18)11-5-4-10(15)6-12(11)16/h4-6,9H,7-8H2,1-3H3,(H2,17,18)/t14-/m1/s1. The van der Waals surface area contributed by atoms with Crippen molar-refractivity contribution in [1.29, 1.82) is 0 Å². The van der Waals surface area contributed by atoms with Crippen molar-refractivity contribution < 1.29 is 19.0 Å². The Morgan fingerprint density at radius 1 is 1.38 bits per heavy atom. The molecule has 21 heavy (non-hydrogen) atoms. The predicted molar refractivity (Wildman–Crippen MR) is 81.2 cm³/mol. The maximum absolute atomic E-state index is 11.3. The lowest BCUT2D eigenvalue weighted by Crippen LogP contribution is -2.39. The fourth-order valence-electron chi connectivity index (χ4n) is 2.03. The van der Waals surface area contributed by atoms with Gasteiger partial charge in [0.15, 0.2) is 6.79 Å². The summed E-state index contributed by atoms with van der Waals surface area (Å²) < 4.78 is 15.8. The molecule has 1 atom stereocenters. The van der Waals surface area contributed by atoms with E-state index in [2.05, 4.69) is 0 Å². The molecule has 0 aliphatic heterocycles. The maximum Gasteiger partial charge on any atom is 0.407 e. The number of benzene rings is 1. The Kier molecular flexibility index (Phi) is 6.74. The number of carbonyl (C=O) groups excluding carboxylic acids is 1. The van der Waals surface area contributed by atoms with E-state index < -0.39 is 11.9 Å². The van der Waals surface area contributed by atoms with Gasteiger partial charge in [-0.2, -0.15) is 0 Å². The molecule has 1 amide bonds. The monoisotopic (exact) mass is 335 g/mol. The molecular weight excluding hydrogens is 317 g/mol. The Bertz CT molecular complexity index is 496. The van der Waals surface area contributed by atoms with Crippen LogP contribution in [0.25, 0.3) is 0 Å². The summed E-state index contributed by atoms with van der Waals surface area (Å²) in [7, 11) is 1.47. The van der Waals surface area contributed by atoms with E-state index in [0.29, 0.717) is 22.0 Å². The fourth-order valence-corrected chi connectivity index (χ4v) is 2.58. The molecule has 5 nitrogen and oxygen atoms in total. The van der Waals surface area contributed by atoms with Gasteiger partial charge in [0, 0.05) is 24.1 Å². The summed E-state index contributed by atoms with van der Waals surface area (Å²) in [4.78, 5) is 11.3. The van der Waals surface area contributed by atoms with Crippen LogP contribution in [0.15, 0.2) is 18.2 Å². The zero-order valence-corrected chi connectivity index (χ0v) is 13.7. The van der Waals surface area contributed by atoms with Crippen molar-refractivity contribution in [1.82, 2.24) is 0 Å². The highest BCUT2D eigenvalue weighted by atomic mass is 35.5. The molecule has 0 heterocycles. The van der Waals surface area contributed by atoms with E-state index in [1.165, 1.54) is 7.11 Å². The van der Waals surface area contributed by atoms with Crippen molar-refractivity contribution in [3.05, 3.63) is 33.8 Å². The molecule has 118 valence electrons. The predicted octanol–water partition coefficient (Wildman–Crippen LogP) is 3.91. The summed E-state index contributed by atoms with van der Waals surface area (Å²) in [6.45, 7) is 3.83. The molecule has 1 aromatic rings. The number of hydrogen-bond donors (Lipinski definition) is 1. The van der Waals surface area contributed by atoms with Crippen LogP contribution < -0.4 is 5.73 Å². The quantitative estimate of drug-likeness (QED) is 0.767. The molecule has 2 N–H and O–H groups in total. The molecular formula is C14H19Cl2NO4. The molecule has 0 saturated heterocycles. The van der Waals surface area contributed by atoms with Gasteiger partial charge in [-0.25, -0.2) is 4.79 Å². The van der Waals surface area contributed by atoms with Gasteiger partial charge < -0.3 is 19.9 Å². The average molecular weight is 336 g/mol. The number of primary amides is 1. The summed E-state index contributed by atoms with van der Waals surface area (Å²) in [5, 5.41) is 0.786. The Balaban J connectivity index is 3.32. The second-order valence-electron chi connectivity index (χ2n) is 4.95. The van der Waals surface area contributed by atoms with Gasteiger partial charge >= 0.3 is 6.09 Å². The summed E-state index contributed by atoms with van der Waals surface area (Å²) in [6.07, 6.45) is -0.599. The molecule has 0 spiro atoms. The van der Waals surface area contributed by atoms with Crippen LogP contribution in [-0.4, -0.2) is 20.0 Å². The average Bonchev–Trinajstić information content (AvgIpc) is 2.34. The first-order chi connectivity index (χ1) is 9.80. The lowest BCUT2D eigenvalue weighted by Gasteiger charge is -2.34. The molecule has 0 unspecified atom stereocenters. The lowest BCUT2D eigenvalue weighted by atomic mass is 9.95. The van der Waals surface area contributed by atoms with Crippen molar-refractivity contribution in [3.8, 4) is 0 Å². The maximum atomic E-state index is 11.3. The third kappa shape index (κ3) is 5.04. The molecule has 0 radical (unpaired) electrons. The largest absolute Gasteiger partial charge is 0.412 e. The van der Waals surface area contributed by atoms with Crippen LogP contribution in [0.4, 0.5) is 4.79 Å². The van der Waals surface area contributed by atoms with E-state index in [0.717, 1.165) is 0 Å². The Morgan fingerprint density at radius 2 is 2.05 bits per heavy atom. The first-order valence-corrected chi connectivity index (χ1v) is 7.13. The van der Waals surface area contributed by atoms with Gasteiger partial charge in [-0.15, -0.1) is 0 Å². The van der Waals surface area contributed by atoms with Crippen molar-refractivity contribution in [2.24, 2.45) is 11.7 Å². The van der Waals surface area contributed by atoms with Gasteiger partial charge in [-0.1, -0.05) is 37.0 Å². The van der Waals surface area contributed by atoms with Crippen LogP contribution in [0.5, 0.6) is 0 Å². The van der Waals surface area contributed by atoms with Crippen molar-refractivity contribution in [2.75, 3.05) is 13.9 Å². The minimum atomic E-state index is -1.42. The van der Waals surface area contributed by atoms with Crippen LogP contribution in [0.2, 0.25) is 10.0 Å². The molecule has 1 rings (SSSR count). The number of nitrogens with two attached hydrogens (primary N) is 1. The van der Waals surface area contributed by atoms with Gasteiger partial charge in [0.1, 0.15) is 0 Å². The van der Waals surface area contributed by atoms with Gasteiger partial charge in [0.2, 0.25) is 5.79 Å². The highest BCUT2D eigenvalue weighted by Gasteiger charge is 2.40. The zero-order valence-electron chi connectivity index (χ0n) is 12.2. The van der Waals surface area contributed by atoms with E-state index in [1.54, 1.807) is 18.2 Å². The number of carbonyl (C=O) groups is 1. The number of hydrogen-bond acceptors (Lipinski definition) is 4. The Labute approximate surface area is 134 Å². The SMILES string of the molecule is COCO[C@](CC(C)C)(OC(N)=O)c1ccc(Cl)cc1Cl. The minimum Gasteiger partial charge on any atom is -0.412 e. The third-order valence-electron chi connectivity index (χ3n) is 2.69. The summed E-state index contributed by atoms with van der Waals surface area (Å²) >= 11 is 12.1. The summed E-state index contributed by atoms with van der Waals surface area (Å²) in [6, 6.07) is 4.83. The van der Waals surface area contributed by atoms with E-state index in [9.17, 15) is 4.79 Å². The Hall–Kier alpha value is -1.01. The second kappa shape index (κ2) is 7.84. The van der Waals surface area contributed by atoms with Crippen LogP contribution in [-0.2, 0) is 20.0 Å². The van der Waals surface area contributed by atoms with Crippen molar-refractivity contribution >= 4 is 29.3 Å². The van der Waals surface area contributed by atoms with E-state index >= 15 is 0 Å². The second-order valence-corrected chi connectivity index (χ2v) is 5.79. The third-order valence-corrected chi connectivity index (χ3v) is 3.24. The van der Waals surface area contributed by atoms with Gasteiger partial charge in [-0.3, -0.25) is 0 Å². The minimum absolute atomic E-state index is 0.0844. The van der Waals surface area contributed by atoms with Gasteiger partial charge in [0.25, 0.3) is 0 Å². The van der Waals surface area contributed by atoms with Crippen molar-refractivity contribution in [3.63, 3.8) is 0 Å².